The lowest BCUT2D eigenvalue weighted by Crippen LogP contribution is -2.32. The van der Waals surface area contributed by atoms with Crippen molar-refractivity contribution in [3.05, 3.63) is 70.3 Å². The molecule has 30 heavy (non-hydrogen) atoms. The number of carbonyl (C=O) groups is 1. The summed E-state index contributed by atoms with van der Waals surface area (Å²) in [5.41, 5.74) is 0.905. The van der Waals surface area contributed by atoms with Crippen molar-refractivity contribution in [2.75, 3.05) is 18.4 Å². The first-order chi connectivity index (χ1) is 14.3. The fourth-order valence-electron chi connectivity index (χ4n) is 2.81. The van der Waals surface area contributed by atoms with E-state index in [1.165, 1.54) is 58.9 Å². The third-order valence-electron chi connectivity index (χ3n) is 4.21. The summed E-state index contributed by atoms with van der Waals surface area (Å²) in [5, 5.41) is 13.4. The second kappa shape index (κ2) is 10.7. The number of non-ortho nitro benzene ring substituents is 1. The summed E-state index contributed by atoms with van der Waals surface area (Å²) in [6.45, 7) is 4.77. The molecule has 0 saturated carbocycles. The van der Waals surface area contributed by atoms with Crippen LogP contribution < -0.4 is 5.32 Å². The molecule has 0 unspecified atom stereocenters. The van der Waals surface area contributed by atoms with Crippen molar-refractivity contribution in [2.45, 2.75) is 31.6 Å². The second-order valence-corrected chi connectivity index (χ2v) is 8.54. The van der Waals surface area contributed by atoms with Crippen LogP contribution in [0.4, 0.5) is 11.4 Å². The maximum Gasteiger partial charge on any atom is 0.270 e. The van der Waals surface area contributed by atoms with E-state index in [1.807, 2.05) is 13.8 Å². The number of nitrogens with zero attached hydrogens (tertiary/aromatic N) is 2. The van der Waals surface area contributed by atoms with Gasteiger partial charge < -0.3 is 5.32 Å². The molecule has 1 amide bonds. The lowest BCUT2D eigenvalue weighted by Gasteiger charge is -2.21. The van der Waals surface area contributed by atoms with Crippen LogP contribution in [-0.2, 0) is 14.8 Å². The topological polar surface area (TPSA) is 110 Å². The van der Waals surface area contributed by atoms with Crippen molar-refractivity contribution in [1.29, 1.82) is 0 Å². The van der Waals surface area contributed by atoms with Crippen LogP contribution in [0.5, 0.6) is 0 Å². The molecule has 2 rings (SSSR count). The highest BCUT2D eigenvalue weighted by atomic mass is 32.2. The molecule has 160 valence electrons. The Balaban J connectivity index is 2.07. The van der Waals surface area contributed by atoms with Crippen LogP contribution in [0.1, 0.15) is 32.3 Å². The van der Waals surface area contributed by atoms with E-state index in [4.69, 9.17) is 0 Å². The molecular formula is C21H25N3O5S. The van der Waals surface area contributed by atoms with Gasteiger partial charge in [-0.05, 0) is 48.7 Å². The van der Waals surface area contributed by atoms with E-state index in [2.05, 4.69) is 5.32 Å². The van der Waals surface area contributed by atoms with Gasteiger partial charge in [0.1, 0.15) is 0 Å². The number of hydrogen-bond donors (Lipinski definition) is 1. The number of anilines is 1. The number of amides is 1. The van der Waals surface area contributed by atoms with Crippen LogP contribution in [0.25, 0.3) is 6.08 Å². The molecule has 0 aliphatic rings. The van der Waals surface area contributed by atoms with Gasteiger partial charge >= 0.3 is 0 Å². The molecule has 1 N–H and O–H groups in total. The highest BCUT2D eigenvalue weighted by Crippen LogP contribution is 2.19. The Morgan fingerprint density at radius 1 is 1.10 bits per heavy atom. The maximum atomic E-state index is 12.8. The lowest BCUT2D eigenvalue weighted by atomic mass is 10.2. The molecule has 0 aliphatic heterocycles. The Hall–Kier alpha value is -3.04. The molecule has 0 saturated heterocycles. The quantitative estimate of drug-likeness (QED) is 0.347. The molecule has 0 aliphatic carbocycles. The molecule has 0 bridgehead atoms. The maximum absolute atomic E-state index is 12.8. The van der Waals surface area contributed by atoms with Gasteiger partial charge in [-0.2, -0.15) is 4.31 Å². The van der Waals surface area contributed by atoms with Crippen LogP contribution >= 0.6 is 0 Å². The van der Waals surface area contributed by atoms with Gasteiger partial charge in [0.2, 0.25) is 15.9 Å². The zero-order chi connectivity index (χ0) is 22.1. The third kappa shape index (κ3) is 6.23. The molecule has 0 atom stereocenters. The predicted octanol–water partition coefficient (Wildman–Crippen LogP) is 4.06. The van der Waals surface area contributed by atoms with E-state index >= 15 is 0 Å². The molecule has 8 nitrogen and oxygen atoms in total. The summed E-state index contributed by atoms with van der Waals surface area (Å²) in [5.74, 6) is -0.435. The highest BCUT2D eigenvalue weighted by Gasteiger charge is 2.22. The largest absolute Gasteiger partial charge is 0.323 e. The number of carbonyl (C=O) groups excluding carboxylic acids is 1. The van der Waals surface area contributed by atoms with Crippen LogP contribution in [0.15, 0.2) is 59.5 Å². The first-order valence-electron chi connectivity index (χ1n) is 9.61. The summed E-state index contributed by atoms with van der Waals surface area (Å²) >= 11 is 0. The fraction of sp³-hybridized carbons (Fsp3) is 0.286. The highest BCUT2D eigenvalue weighted by molar-refractivity contribution is 7.89. The fourth-order valence-corrected chi connectivity index (χ4v) is 4.43. The smallest absolute Gasteiger partial charge is 0.270 e. The molecular weight excluding hydrogens is 406 g/mol. The molecule has 0 fully saturated rings. The second-order valence-electron chi connectivity index (χ2n) is 6.60. The Morgan fingerprint density at radius 2 is 1.73 bits per heavy atom. The van der Waals surface area contributed by atoms with Gasteiger partial charge in [-0.25, -0.2) is 8.42 Å². The van der Waals surface area contributed by atoms with E-state index in [0.717, 1.165) is 12.8 Å². The Morgan fingerprint density at radius 3 is 2.30 bits per heavy atom. The van der Waals surface area contributed by atoms with Crippen molar-refractivity contribution in [3.8, 4) is 0 Å². The molecule has 0 heterocycles. The monoisotopic (exact) mass is 431 g/mol. The normalized spacial score (nSPS) is 11.7. The summed E-state index contributed by atoms with van der Waals surface area (Å²) in [4.78, 5) is 22.6. The van der Waals surface area contributed by atoms with Crippen LogP contribution in [0, 0.1) is 10.1 Å². The first-order valence-corrected chi connectivity index (χ1v) is 11.1. The summed E-state index contributed by atoms with van der Waals surface area (Å²) < 4.78 is 27.0. The Kier molecular flexibility index (Phi) is 8.25. The SMILES string of the molecule is CCCN(CCC)S(=O)(=O)c1ccc(NC(=O)/C=C/c2cccc([N+](=O)[O-])c2)cc1. The lowest BCUT2D eigenvalue weighted by molar-refractivity contribution is -0.384. The van der Waals surface area contributed by atoms with E-state index < -0.39 is 20.9 Å². The zero-order valence-electron chi connectivity index (χ0n) is 16.9. The average Bonchev–Trinajstić information content (AvgIpc) is 2.72. The first kappa shape index (κ1) is 23.2. The third-order valence-corrected chi connectivity index (χ3v) is 6.13. The number of sulfonamides is 1. The summed E-state index contributed by atoms with van der Waals surface area (Å²) in [7, 11) is -3.58. The minimum absolute atomic E-state index is 0.0606. The van der Waals surface area contributed by atoms with E-state index in [1.54, 1.807) is 6.07 Å². The summed E-state index contributed by atoms with van der Waals surface area (Å²) in [6.07, 6.45) is 4.18. The minimum Gasteiger partial charge on any atom is -0.323 e. The number of hydrogen-bond acceptors (Lipinski definition) is 5. The molecule has 9 heteroatoms. The van der Waals surface area contributed by atoms with Crippen LogP contribution in [0.2, 0.25) is 0 Å². The molecule has 0 aromatic heterocycles. The predicted molar refractivity (Wildman–Crippen MR) is 117 cm³/mol. The van der Waals surface area contributed by atoms with Gasteiger partial charge in [0.05, 0.1) is 9.82 Å². The van der Waals surface area contributed by atoms with Crippen molar-refractivity contribution in [3.63, 3.8) is 0 Å². The Bertz CT molecular complexity index is 1010. The number of nitro benzene ring substituents is 1. The van der Waals surface area contributed by atoms with E-state index in [-0.39, 0.29) is 10.6 Å². The van der Waals surface area contributed by atoms with Gasteiger partial charge in [0.15, 0.2) is 0 Å². The van der Waals surface area contributed by atoms with Gasteiger partial charge in [0, 0.05) is 37.0 Å². The number of nitrogens with one attached hydrogen (secondary N) is 1. The van der Waals surface area contributed by atoms with Crippen molar-refractivity contribution in [1.82, 2.24) is 4.31 Å². The number of nitro groups is 1. The zero-order valence-corrected chi connectivity index (χ0v) is 17.8. The van der Waals surface area contributed by atoms with Gasteiger partial charge in [-0.15, -0.1) is 0 Å². The minimum atomic E-state index is -3.58. The average molecular weight is 432 g/mol. The van der Waals surface area contributed by atoms with E-state index in [0.29, 0.717) is 24.3 Å². The number of benzene rings is 2. The Labute approximate surface area is 176 Å². The van der Waals surface area contributed by atoms with Crippen LogP contribution in [-0.4, -0.2) is 36.6 Å². The van der Waals surface area contributed by atoms with Gasteiger partial charge in [-0.3, -0.25) is 14.9 Å². The molecule has 2 aromatic carbocycles. The van der Waals surface area contributed by atoms with Crippen molar-refractivity contribution < 1.29 is 18.1 Å². The van der Waals surface area contributed by atoms with Crippen LogP contribution in [0.3, 0.4) is 0 Å². The molecule has 0 radical (unpaired) electrons. The molecule has 2 aromatic rings. The van der Waals surface area contributed by atoms with Crippen molar-refractivity contribution >= 4 is 33.4 Å². The van der Waals surface area contributed by atoms with Gasteiger partial charge in [0.25, 0.3) is 5.69 Å². The van der Waals surface area contributed by atoms with Gasteiger partial charge in [-0.1, -0.05) is 26.0 Å². The van der Waals surface area contributed by atoms with E-state index in [9.17, 15) is 23.3 Å². The standard InChI is InChI=1S/C21H25N3O5S/c1-3-14-23(15-4-2)30(28,29)20-11-9-18(10-12-20)22-21(25)13-8-17-6-5-7-19(16-17)24(26)27/h5-13,16H,3-4,14-15H2,1-2H3,(H,22,25)/b13-8+. The number of rotatable bonds is 10. The van der Waals surface area contributed by atoms with Crippen molar-refractivity contribution in [2.24, 2.45) is 0 Å². The molecule has 0 spiro atoms. The summed E-state index contributed by atoms with van der Waals surface area (Å²) in [6, 6.07) is 11.9.